The highest BCUT2D eigenvalue weighted by molar-refractivity contribution is 7.89. The average molecular weight is 321 g/mol. The number of esters is 1. The second-order valence-corrected chi connectivity index (χ2v) is 5.57. The number of hydrogen-bond acceptors (Lipinski definition) is 6. The number of carbonyl (C=O) groups is 2. The highest BCUT2D eigenvalue weighted by Gasteiger charge is 2.25. The van der Waals surface area contributed by atoms with Crippen LogP contribution in [0.2, 0.25) is 0 Å². The summed E-state index contributed by atoms with van der Waals surface area (Å²) in [5, 5.41) is 18.2. The minimum absolute atomic E-state index is 0.524. The molecule has 0 amide bonds. The summed E-state index contributed by atoms with van der Waals surface area (Å²) in [7, 11) is -3.44. The molecule has 0 saturated heterocycles. The molecule has 116 valence electrons. The van der Waals surface area contributed by atoms with E-state index in [4.69, 9.17) is 5.11 Å². The first kappa shape index (κ1) is 17.0. The molecule has 0 aliphatic rings. The third kappa shape index (κ3) is 4.21. The Labute approximate surface area is 119 Å². The number of sulfonamides is 1. The summed E-state index contributed by atoms with van der Waals surface area (Å²) in [6.07, 6.45) is -1.77. The second-order valence-electron chi connectivity index (χ2n) is 3.84. The number of carbonyl (C=O) groups excluding carboxylic acids is 1. The zero-order valence-electron chi connectivity index (χ0n) is 10.7. The van der Waals surface area contributed by atoms with Crippen LogP contribution in [-0.2, 0) is 19.6 Å². The van der Waals surface area contributed by atoms with Gasteiger partial charge in [-0.3, -0.25) is 0 Å². The van der Waals surface area contributed by atoms with Gasteiger partial charge in [0.1, 0.15) is 5.82 Å². The molecule has 0 spiro atoms. The second kappa shape index (κ2) is 6.61. The number of aliphatic hydroxyl groups is 1. The number of aliphatic hydroxyl groups excluding tert-OH is 1. The van der Waals surface area contributed by atoms with Gasteiger partial charge in [-0.15, -0.1) is 0 Å². The number of benzene rings is 1. The van der Waals surface area contributed by atoms with Gasteiger partial charge in [-0.25, -0.2) is 27.1 Å². The van der Waals surface area contributed by atoms with E-state index in [-0.39, 0.29) is 0 Å². The molecule has 0 saturated carbocycles. The summed E-state index contributed by atoms with van der Waals surface area (Å²) in [5.41, 5.74) is -0.642. The number of ether oxygens (including phenoxy) is 1. The van der Waals surface area contributed by atoms with E-state index in [0.29, 0.717) is 6.07 Å². The Balaban J connectivity index is 3.06. The van der Waals surface area contributed by atoms with Gasteiger partial charge in [0.05, 0.1) is 17.6 Å². The Morgan fingerprint density at radius 1 is 1.43 bits per heavy atom. The standard InChI is InChI=1S/C11H12FNO7S/c1-20-11(17)8(14)5-13-21(18,19)9-4-6(12)2-3-7(9)10(15)16/h2-4,8,13-14H,5H2,1H3,(H,15,16). The van der Waals surface area contributed by atoms with Crippen molar-refractivity contribution in [2.45, 2.75) is 11.0 Å². The van der Waals surface area contributed by atoms with E-state index in [1.165, 1.54) is 0 Å². The summed E-state index contributed by atoms with van der Waals surface area (Å²) in [5.74, 6) is -3.59. The van der Waals surface area contributed by atoms with E-state index < -0.39 is 50.9 Å². The first-order valence-corrected chi connectivity index (χ1v) is 6.95. The van der Waals surface area contributed by atoms with Crippen molar-refractivity contribution in [3.05, 3.63) is 29.6 Å². The molecule has 1 aromatic rings. The topological polar surface area (TPSA) is 130 Å². The van der Waals surface area contributed by atoms with Crippen molar-refractivity contribution >= 4 is 22.0 Å². The van der Waals surface area contributed by atoms with Crippen LogP contribution in [0.15, 0.2) is 23.1 Å². The molecule has 0 heterocycles. The number of rotatable bonds is 6. The Morgan fingerprint density at radius 3 is 2.57 bits per heavy atom. The van der Waals surface area contributed by atoms with Crippen molar-refractivity contribution in [1.82, 2.24) is 4.72 Å². The van der Waals surface area contributed by atoms with Crippen molar-refractivity contribution < 1.29 is 37.3 Å². The quantitative estimate of drug-likeness (QED) is 0.593. The van der Waals surface area contributed by atoms with Crippen molar-refractivity contribution in [3.63, 3.8) is 0 Å². The first-order chi connectivity index (χ1) is 9.69. The van der Waals surface area contributed by atoms with Gasteiger partial charge < -0.3 is 14.9 Å². The van der Waals surface area contributed by atoms with E-state index in [1.807, 2.05) is 0 Å². The normalized spacial score (nSPS) is 12.7. The van der Waals surface area contributed by atoms with Gasteiger partial charge in [-0.2, -0.15) is 0 Å². The number of aromatic carboxylic acids is 1. The Hall–Kier alpha value is -2.04. The predicted octanol–water partition coefficient (Wildman–Crippen LogP) is -0.664. The van der Waals surface area contributed by atoms with Crippen LogP contribution in [0, 0.1) is 5.82 Å². The molecule has 0 aliphatic heterocycles. The average Bonchev–Trinajstić information content (AvgIpc) is 2.43. The number of hydrogen-bond donors (Lipinski definition) is 3. The molecule has 1 rings (SSSR count). The summed E-state index contributed by atoms with van der Waals surface area (Å²) in [6.45, 7) is -0.745. The number of nitrogens with one attached hydrogen (secondary N) is 1. The molecule has 0 aliphatic carbocycles. The van der Waals surface area contributed by atoms with Gasteiger partial charge in [-0.1, -0.05) is 0 Å². The molecule has 0 aromatic heterocycles. The van der Waals surface area contributed by atoms with Gasteiger partial charge >= 0.3 is 11.9 Å². The van der Waals surface area contributed by atoms with Gasteiger partial charge in [0.15, 0.2) is 6.10 Å². The minimum Gasteiger partial charge on any atom is -0.478 e. The van der Waals surface area contributed by atoms with E-state index in [1.54, 1.807) is 4.72 Å². The summed E-state index contributed by atoms with van der Waals surface area (Å²) >= 11 is 0. The molecule has 1 aromatic carbocycles. The van der Waals surface area contributed by atoms with Gasteiger partial charge in [0, 0.05) is 6.54 Å². The number of carboxylic acid groups (broad SMARTS) is 1. The molecule has 1 unspecified atom stereocenters. The van der Waals surface area contributed by atoms with Crippen molar-refractivity contribution in [2.75, 3.05) is 13.7 Å². The van der Waals surface area contributed by atoms with Crippen LogP contribution in [0.4, 0.5) is 4.39 Å². The van der Waals surface area contributed by atoms with E-state index in [2.05, 4.69) is 4.74 Å². The van der Waals surface area contributed by atoms with Gasteiger partial charge in [-0.05, 0) is 18.2 Å². The lowest BCUT2D eigenvalue weighted by Gasteiger charge is -2.12. The minimum atomic E-state index is -4.43. The van der Waals surface area contributed by atoms with E-state index in [9.17, 15) is 27.5 Å². The molecule has 21 heavy (non-hydrogen) atoms. The lowest BCUT2D eigenvalue weighted by Crippen LogP contribution is -2.37. The largest absolute Gasteiger partial charge is 0.478 e. The lowest BCUT2D eigenvalue weighted by atomic mass is 10.2. The fraction of sp³-hybridized carbons (Fsp3) is 0.273. The molecule has 10 heteroatoms. The lowest BCUT2D eigenvalue weighted by molar-refractivity contribution is -0.149. The molecule has 1 atom stereocenters. The Bertz CT molecular complexity index is 659. The molecule has 3 N–H and O–H groups in total. The number of carboxylic acids is 1. The van der Waals surface area contributed by atoms with Crippen molar-refractivity contribution in [1.29, 1.82) is 0 Å². The molecule has 0 fully saturated rings. The van der Waals surface area contributed by atoms with Gasteiger partial charge in [0.2, 0.25) is 10.0 Å². The monoisotopic (exact) mass is 321 g/mol. The van der Waals surface area contributed by atoms with Crippen LogP contribution in [0.5, 0.6) is 0 Å². The molecular formula is C11H12FNO7S. The maximum atomic E-state index is 13.1. The molecule has 0 bridgehead atoms. The number of halogens is 1. The smallest absolute Gasteiger partial charge is 0.337 e. The molecule has 0 radical (unpaired) electrons. The third-order valence-electron chi connectivity index (χ3n) is 2.40. The van der Waals surface area contributed by atoms with Crippen LogP contribution in [0.1, 0.15) is 10.4 Å². The van der Waals surface area contributed by atoms with E-state index >= 15 is 0 Å². The number of methoxy groups -OCH3 is 1. The van der Waals surface area contributed by atoms with Crippen molar-refractivity contribution in [2.24, 2.45) is 0 Å². The summed E-state index contributed by atoms with van der Waals surface area (Å²) < 4.78 is 42.9. The first-order valence-electron chi connectivity index (χ1n) is 5.47. The highest BCUT2D eigenvalue weighted by atomic mass is 32.2. The highest BCUT2D eigenvalue weighted by Crippen LogP contribution is 2.17. The predicted molar refractivity (Wildman–Crippen MR) is 66.6 cm³/mol. The zero-order valence-corrected chi connectivity index (χ0v) is 11.6. The Morgan fingerprint density at radius 2 is 2.05 bits per heavy atom. The maximum Gasteiger partial charge on any atom is 0.337 e. The summed E-state index contributed by atoms with van der Waals surface area (Å²) in [6, 6.07) is 2.12. The fourth-order valence-corrected chi connectivity index (χ4v) is 2.63. The fourth-order valence-electron chi connectivity index (χ4n) is 1.38. The van der Waals surface area contributed by atoms with Crippen LogP contribution < -0.4 is 4.72 Å². The molecule has 8 nitrogen and oxygen atoms in total. The molecular weight excluding hydrogens is 309 g/mol. The zero-order chi connectivity index (χ0) is 16.2. The van der Waals surface area contributed by atoms with Crippen LogP contribution in [0.25, 0.3) is 0 Å². The van der Waals surface area contributed by atoms with Crippen LogP contribution >= 0.6 is 0 Å². The SMILES string of the molecule is COC(=O)C(O)CNS(=O)(=O)c1cc(F)ccc1C(=O)O. The van der Waals surface area contributed by atoms with Crippen LogP contribution in [0.3, 0.4) is 0 Å². The van der Waals surface area contributed by atoms with Crippen LogP contribution in [-0.4, -0.2) is 50.3 Å². The third-order valence-corrected chi connectivity index (χ3v) is 3.87. The van der Waals surface area contributed by atoms with E-state index in [0.717, 1.165) is 19.2 Å². The Kier molecular flexibility index (Phi) is 5.35. The van der Waals surface area contributed by atoms with Crippen molar-refractivity contribution in [3.8, 4) is 0 Å². The summed E-state index contributed by atoms with van der Waals surface area (Å²) in [4.78, 5) is 21.1. The maximum absolute atomic E-state index is 13.1. The van der Waals surface area contributed by atoms with Gasteiger partial charge in [0.25, 0.3) is 0 Å².